The molecule has 0 aliphatic heterocycles. The quantitative estimate of drug-likeness (QED) is 0.705. The molecule has 2 amide bonds. The molecular formula is C15H11ClN4O4S. The first-order chi connectivity index (χ1) is 12.1. The van der Waals surface area contributed by atoms with E-state index >= 15 is 0 Å². The zero-order chi connectivity index (χ0) is 17.4. The Kier molecular flexibility index (Phi) is 4.02. The summed E-state index contributed by atoms with van der Waals surface area (Å²) >= 11 is 6.91. The van der Waals surface area contributed by atoms with Crippen molar-refractivity contribution in [2.45, 2.75) is 18.5 Å². The highest BCUT2D eigenvalue weighted by molar-refractivity contribution is 7.14. The summed E-state index contributed by atoms with van der Waals surface area (Å²) in [5, 5.41) is 10.9. The molecule has 0 radical (unpaired) electrons. The third-order valence-electron chi connectivity index (χ3n) is 3.73. The molecule has 10 heteroatoms. The summed E-state index contributed by atoms with van der Waals surface area (Å²) in [5.41, 5.74) is 1.21. The zero-order valence-corrected chi connectivity index (χ0v) is 14.1. The van der Waals surface area contributed by atoms with Crippen LogP contribution in [0.4, 0.5) is 0 Å². The van der Waals surface area contributed by atoms with E-state index in [1.807, 2.05) is 0 Å². The Bertz CT molecular complexity index is 920. The summed E-state index contributed by atoms with van der Waals surface area (Å²) in [4.78, 5) is 28.3. The Hall–Kier alpha value is -2.65. The highest BCUT2D eigenvalue weighted by Crippen LogP contribution is 2.26. The van der Waals surface area contributed by atoms with Gasteiger partial charge in [-0.1, -0.05) is 16.8 Å². The molecule has 1 aliphatic carbocycles. The van der Waals surface area contributed by atoms with Crippen LogP contribution >= 0.6 is 22.9 Å². The Morgan fingerprint density at radius 3 is 2.76 bits per heavy atom. The summed E-state index contributed by atoms with van der Waals surface area (Å²) in [6.07, 6.45) is 4.94. The number of halogens is 1. The van der Waals surface area contributed by atoms with Gasteiger partial charge in [-0.25, -0.2) is 4.98 Å². The zero-order valence-electron chi connectivity index (χ0n) is 12.6. The van der Waals surface area contributed by atoms with E-state index in [-0.39, 0.29) is 29.6 Å². The fraction of sp³-hybridized carbons (Fsp3) is 0.200. The summed E-state index contributed by atoms with van der Waals surface area (Å²) in [5.74, 6) is -0.297. The second-order valence-corrected chi connectivity index (χ2v) is 6.90. The first kappa shape index (κ1) is 15.9. The van der Waals surface area contributed by atoms with Crippen molar-refractivity contribution >= 4 is 34.8 Å². The van der Waals surface area contributed by atoms with Gasteiger partial charge < -0.3 is 19.6 Å². The Morgan fingerprint density at radius 1 is 1.28 bits per heavy atom. The van der Waals surface area contributed by atoms with E-state index in [1.54, 1.807) is 11.4 Å². The molecule has 0 unspecified atom stereocenters. The lowest BCUT2D eigenvalue weighted by atomic mass is 10.1. The number of furan rings is 1. The maximum absolute atomic E-state index is 12.4. The normalized spacial score (nSPS) is 18.8. The molecule has 2 atom stereocenters. The Morgan fingerprint density at radius 2 is 2.08 bits per heavy atom. The van der Waals surface area contributed by atoms with Gasteiger partial charge in [0.1, 0.15) is 17.5 Å². The lowest BCUT2D eigenvalue weighted by molar-refractivity contribution is 0.0924. The van der Waals surface area contributed by atoms with Gasteiger partial charge >= 0.3 is 0 Å². The first-order valence-electron chi connectivity index (χ1n) is 7.32. The molecule has 1 fully saturated rings. The maximum Gasteiger partial charge on any atom is 0.271 e. The van der Waals surface area contributed by atoms with E-state index in [0.29, 0.717) is 27.8 Å². The van der Waals surface area contributed by atoms with E-state index in [9.17, 15) is 9.59 Å². The summed E-state index contributed by atoms with van der Waals surface area (Å²) < 4.78 is 10.4. The van der Waals surface area contributed by atoms with Gasteiger partial charge in [0, 0.05) is 5.38 Å². The van der Waals surface area contributed by atoms with E-state index < -0.39 is 0 Å². The van der Waals surface area contributed by atoms with Crippen LogP contribution in [-0.2, 0) is 0 Å². The van der Waals surface area contributed by atoms with E-state index in [4.69, 9.17) is 20.5 Å². The van der Waals surface area contributed by atoms with Crippen LogP contribution in [0.15, 0.2) is 39.1 Å². The number of rotatable bonds is 5. The SMILES string of the molecule is O=C(N[C@@H]1C[C@H]1NC(=O)c1cnoc1-c1ccoc1)c1csc(Cl)n1. The topological polar surface area (TPSA) is 110 Å². The van der Waals surface area contributed by atoms with Gasteiger partial charge in [0.05, 0.1) is 30.1 Å². The number of amides is 2. The molecule has 0 aromatic carbocycles. The molecule has 0 saturated heterocycles. The summed E-state index contributed by atoms with van der Waals surface area (Å²) in [6.45, 7) is 0. The molecule has 3 aromatic heterocycles. The monoisotopic (exact) mass is 378 g/mol. The van der Waals surface area contributed by atoms with Crippen molar-refractivity contribution in [3.8, 4) is 11.3 Å². The third-order valence-corrected chi connectivity index (χ3v) is 4.71. The predicted molar refractivity (Wildman–Crippen MR) is 88.5 cm³/mol. The number of nitrogens with one attached hydrogen (secondary N) is 2. The van der Waals surface area contributed by atoms with Crippen molar-refractivity contribution in [3.05, 3.63) is 45.9 Å². The number of aromatic nitrogens is 2. The molecular weight excluding hydrogens is 368 g/mol. The third kappa shape index (κ3) is 3.28. The van der Waals surface area contributed by atoms with Gasteiger partial charge in [-0.15, -0.1) is 11.3 Å². The van der Waals surface area contributed by atoms with Gasteiger partial charge in [0.2, 0.25) is 0 Å². The predicted octanol–water partition coefficient (Wildman–Crippen LogP) is 2.35. The van der Waals surface area contributed by atoms with Gasteiger partial charge in [-0.3, -0.25) is 9.59 Å². The molecule has 0 bridgehead atoms. The van der Waals surface area contributed by atoms with Crippen LogP contribution in [0, 0.1) is 0 Å². The van der Waals surface area contributed by atoms with E-state index in [0.717, 1.165) is 0 Å². The number of nitrogens with zero attached hydrogens (tertiary/aromatic N) is 2. The van der Waals surface area contributed by atoms with Gasteiger partial charge in [0.15, 0.2) is 10.2 Å². The fourth-order valence-corrected chi connectivity index (χ4v) is 3.11. The number of carbonyl (C=O) groups is 2. The first-order valence-corrected chi connectivity index (χ1v) is 8.57. The van der Waals surface area contributed by atoms with Crippen LogP contribution in [-0.4, -0.2) is 34.0 Å². The van der Waals surface area contributed by atoms with Crippen LogP contribution in [0.2, 0.25) is 4.47 Å². The number of hydrogen-bond donors (Lipinski definition) is 2. The molecule has 128 valence electrons. The van der Waals surface area contributed by atoms with Crippen LogP contribution in [0.5, 0.6) is 0 Å². The van der Waals surface area contributed by atoms with Crippen molar-refractivity contribution in [2.24, 2.45) is 0 Å². The van der Waals surface area contributed by atoms with Crippen molar-refractivity contribution in [1.29, 1.82) is 0 Å². The molecule has 25 heavy (non-hydrogen) atoms. The fourth-order valence-electron chi connectivity index (χ4n) is 2.36. The van der Waals surface area contributed by atoms with Crippen molar-refractivity contribution in [1.82, 2.24) is 20.8 Å². The molecule has 2 N–H and O–H groups in total. The molecule has 8 nitrogen and oxygen atoms in total. The molecule has 3 aromatic rings. The van der Waals surface area contributed by atoms with Crippen LogP contribution in [0.3, 0.4) is 0 Å². The molecule has 4 rings (SSSR count). The molecule has 1 aliphatic rings. The van der Waals surface area contributed by atoms with Crippen LogP contribution < -0.4 is 10.6 Å². The highest BCUT2D eigenvalue weighted by Gasteiger charge is 2.40. The molecule has 1 saturated carbocycles. The van der Waals surface area contributed by atoms with Gasteiger partial charge in [0.25, 0.3) is 11.8 Å². The summed E-state index contributed by atoms with van der Waals surface area (Å²) in [7, 11) is 0. The Balaban J connectivity index is 1.36. The minimum absolute atomic E-state index is 0.144. The van der Waals surface area contributed by atoms with E-state index in [2.05, 4.69) is 20.8 Å². The lowest BCUT2D eigenvalue weighted by Crippen LogP contribution is -2.34. The largest absolute Gasteiger partial charge is 0.472 e. The molecule has 0 spiro atoms. The van der Waals surface area contributed by atoms with Crippen molar-refractivity contribution < 1.29 is 18.5 Å². The highest BCUT2D eigenvalue weighted by atomic mass is 35.5. The van der Waals surface area contributed by atoms with Crippen molar-refractivity contribution in [3.63, 3.8) is 0 Å². The standard InChI is InChI=1S/C15H11ClN4O4S/c16-15-20-11(6-25-15)14(22)19-10-3-9(10)18-13(21)8-4-17-24-12(8)7-1-2-23-5-7/h1-2,4-6,9-10H,3H2,(H,18,21)(H,19,22)/t9-,10-/m1/s1. The smallest absolute Gasteiger partial charge is 0.271 e. The minimum Gasteiger partial charge on any atom is -0.472 e. The minimum atomic E-state index is -0.323. The number of thiazole rings is 1. The van der Waals surface area contributed by atoms with Gasteiger partial charge in [-0.05, 0) is 12.5 Å². The summed E-state index contributed by atoms with van der Waals surface area (Å²) in [6, 6.07) is 1.38. The average Bonchev–Trinajstić information content (AvgIpc) is 3.08. The van der Waals surface area contributed by atoms with Crippen LogP contribution in [0.25, 0.3) is 11.3 Å². The van der Waals surface area contributed by atoms with Gasteiger partial charge in [-0.2, -0.15) is 0 Å². The maximum atomic E-state index is 12.4. The van der Waals surface area contributed by atoms with Crippen molar-refractivity contribution in [2.75, 3.05) is 0 Å². The lowest BCUT2D eigenvalue weighted by Gasteiger charge is -2.05. The second-order valence-electron chi connectivity index (χ2n) is 5.46. The average molecular weight is 379 g/mol. The molecule has 3 heterocycles. The van der Waals surface area contributed by atoms with Crippen LogP contribution in [0.1, 0.15) is 27.3 Å². The number of carbonyl (C=O) groups excluding carboxylic acids is 2. The number of hydrogen-bond acceptors (Lipinski definition) is 7. The van der Waals surface area contributed by atoms with E-state index in [1.165, 1.54) is 30.1 Å². The second kappa shape index (κ2) is 6.34. The Labute approximate surface area is 150 Å².